The summed E-state index contributed by atoms with van der Waals surface area (Å²) < 4.78 is 37.7. The van der Waals surface area contributed by atoms with E-state index in [1.54, 1.807) is 0 Å². The Morgan fingerprint density at radius 3 is 2.50 bits per heavy atom. The van der Waals surface area contributed by atoms with E-state index in [2.05, 4.69) is 0 Å². The Labute approximate surface area is 106 Å². The zero-order chi connectivity index (χ0) is 13.2. The minimum Gasteiger partial charge on any atom is -0.299 e. The molecule has 0 spiro atoms. The number of rotatable bonds is 2. The van der Waals surface area contributed by atoms with Gasteiger partial charge in [0.1, 0.15) is 5.78 Å². The van der Waals surface area contributed by atoms with Crippen LogP contribution in [-0.4, -0.2) is 36.0 Å². The molecular weight excluding hydrogens is 243 g/mol. The molecule has 1 saturated carbocycles. The largest absolute Gasteiger partial charge is 0.401 e. The van der Waals surface area contributed by atoms with Gasteiger partial charge in [0, 0.05) is 18.4 Å². The number of alkyl halides is 3. The first-order valence-electron chi connectivity index (χ1n) is 6.81. The van der Waals surface area contributed by atoms with E-state index < -0.39 is 12.7 Å². The molecule has 1 aliphatic heterocycles. The summed E-state index contributed by atoms with van der Waals surface area (Å²) in [5, 5.41) is 0. The zero-order valence-electron chi connectivity index (χ0n) is 10.5. The summed E-state index contributed by atoms with van der Waals surface area (Å²) in [5.74, 6) is 0.0294. The third-order valence-electron chi connectivity index (χ3n) is 4.11. The first-order valence-corrected chi connectivity index (χ1v) is 6.81. The van der Waals surface area contributed by atoms with E-state index in [9.17, 15) is 18.0 Å². The van der Waals surface area contributed by atoms with E-state index in [1.165, 1.54) is 4.90 Å². The highest BCUT2D eigenvalue weighted by atomic mass is 19.4. The molecule has 1 saturated heterocycles. The van der Waals surface area contributed by atoms with Crippen LogP contribution < -0.4 is 0 Å². The van der Waals surface area contributed by atoms with Crippen LogP contribution in [0, 0.1) is 5.92 Å². The Hall–Kier alpha value is -0.580. The van der Waals surface area contributed by atoms with Crippen LogP contribution in [0.5, 0.6) is 0 Å². The smallest absolute Gasteiger partial charge is 0.299 e. The Morgan fingerprint density at radius 2 is 1.83 bits per heavy atom. The molecule has 5 heteroatoms. The summed E-state index contributed by atoms with van der Waals surface area (Å²) in [6.07, 6.45) is 1.56. The van der Waals surface area contributed by atoms with Crippen molar-refractivity contribution in [1.29, 1.82) is 0 Å². The number of halogens is 3. The first-order chi connectivity index (χ1) is 8.47. The molecule has 1 aliphatic carbocycles. The number of piperidine rings is 1. The standard InChI is InChI=1S/C13H20F3NO/c14-13(15,16)9-17-8-4-3-6-11(17)10-5-1-2-7-12(10)18/h10-11H,1-9H2. The lowest BCUT2D eigenvalue weighted by Crippen LogP contribution is -2.50. The maximum atomic E-state index is 12.6. The predicted octanol–water partition coefficient (Wildman–Crippen LogP) is 3.16. The van der Waals surface area contributed by atoms with E-state index in [4.69, 9.17) is 0 Å². The molecule has 18 heavy (non-hydrogen) atoms. The number of carbonyl (C=O) groups excluding carboxylic acids is 1. The van der Waals surface area contributed by atoms with Crippen LogP contribution in [0.1, 0.15) is 44.9 Å². The second kappa shape index (κ2) is 5.59. The average molecular weight is 263 g/mol. The highest BCUT2D eigenvalue weighted by Crippen LogP contribution is 2.33. The molecule has 104 valence electrons. The average Bonchev–Trinajstić information content (AvgIpc) is 2.29. The fraction of sp³-hybridized carbons (Fsp3) is 0.923. The van der Waals surface area contributed by atoms with Gasteiger partial charge in [-0.3, -0.25) is 9.69 Å². The summed E-state index contributed by atoms with van der Waals surface area (Å²) in [5.41, 5.74) is 0. The van der Waals surface area contributed by atoms with Gasteiger partial charge in [-0.2, -0.15) is 13.2 Å². The maximum absolute atomic E-state index is 12.6. The number of nitrogens with zero attached hydrogens (tertiary/aromatic N) is 1. The predicted molar refractivity (Wildman–Crippen MR) is 62.2 cm³/mol. The number of Topliss-reactive ketones (excluding diaryl/α,β-unsaturated/α-hetero) is 1. The van der Waals surface area contributed by atoms with Crippen LogP contribution in [0.2, 0.25) is 0 Å². The highest BCUT2D eigenvalue weighted by Gasteiger charge is 2.40. The van der Waals surface area contributed by atoms with Crippen molar-refractivity contribution in [3.63, 3.8) is 0 Å². The molecule has 0 N–H and O–H groups in total. The third kappa shape index (κ3) is 3.46. The van der Waals surface area contributed by atoms with Gasteiger partial charge in [0.05, 0.1) is 6.54 Å². The second-order valence-electron chi connectivity index (χ2n) is 5.47. The van der Waals surface area contributed by atoms with E-state index >= 15 is 0 Å². The Bertz CT molecular complexity index is 303. The van der Waals surface area contributed by atoms with Crippen LogP contribution in [0.3, 0.4) is 0 Å². The molecule has 1 heterocycles. The number of hydrogen-bond acceptors (Lipinski definition) is 2. The van der Waals surface area contributed by atoms with Crippen LogP contribution >= 0.6 is 0 Å². The number of carbonyl (C=O) groups is 1. The molecule has 0 radical (unpaired) electrons. The normalized spacial score (nSPS) is 31.6. The van der Waals surface area contributed by atoms with Gasteiger partial charge in [0.25, 0.3) is 0 Å². The summed E-state index contributed by atoms with van der Waals surface area (Å²) in [7, 11) is 0. The molecular formula is C13H20F3NO. The quantitative estimate of drug-likeness (QED) is 0.762. The van der Waals surface area contributed by atoms with Crippen molar-refractivity contribution in [2.75, 3.05) is 13.1 Å². The van der Waals surface area contributed by atoms with Crippen molar-refractivity contribution in [3.05, 3.63) is 0 Å². The lowest BCUT2D eigenvalue weighted by molar-refractivity contribution is -0.159. The van der Waals surface area contributed by atoms with Crippen LogP contribution in [0.25, 0.3) is 0 Å². The van der Waals surface area contributed by atoms with Gasteiger partial charge < -0.3 is 0 Å². The Morgan fingerprint density at radius 1 is 1.11 bits per heavy atom. The van der Waals surface area contributed by atoms with Gasteiger partial charge in [0.15, 0.2) is 0 Å². The molecule has 0 bridgehead atoms. The minimum absolute atomic E-state index is 0.151. The van der Waals surface area contributed by atoms with E-state index in [0.717, 1.165) is 38.5 Å². The van der Waals surface area contributed by atoms with Gasteiger partial charge >= 0.3 is 6.18 Å². The SMILES string of the molecule is O=C1CCCCC1C1CCCCN1CC(F)(F)F. The second-order valence-corrected chi connectivity index (χ2v) is 5.47. The lowest BCUT2D eigenvalue weighted by Gasteiger charge is -2.41. The topological polar surface area (TPSA) is 20.3 Å². The van der Waals surface area contributed by atoms with Crippen molar-refractivity contribution in [2.24, 2.45) is 5.92 Å². The van der Waals surface area contributed by atoms with Crippen molar-refractivity contribution >= 4 is 5.78 Å². The Kier molecular flexibility index (Phi) is 4.30. The molecule has 2 rings (SSSR count). The van der Waals surface area contributed by atoms with Gasteiger partial charge in [-0.25, -0.2) is 0 Å². The zero-order valence-corrected chi connectivity index (χ0v) is 10.5. The van der Waals surface area contributed by atoms with Crippen molar-refractivity contribution in [3.8, 4) is 0 Å². The fourth-order valence-electron chi connectivity index (χ4n) is 3.32. The van der Waals surface area contributed by atoms with Gasteiger partial charge in [-0.15, -0.1) is 0 Å². The molecule has 0 aromatic carbocycles. The summed E-state index contributed by atoms with van der Waals surface area (Å²) in [4.78, 5) is 13.4. The van der Waals surface area contributed by atoms with Crippen LogP contribution in [0.15, 0.2) is 0 Å². The van der Waals surface area contributed by atoms with Crippen molar-refractivity contribution in [1.82, 2.24) is 4.90 Å². The lowest BCUT2D eigenvalue weighted by atomic mass is 9.79. The molecule has 2 unspecified atom stereocenters. The van der Waals surface area contributed by atoms with E-state index in [1.807, 2.05) is 0 Å². The molecule has 2 aliphatic rings. The summed E-state index contributed by atoms with van der Waals surface area (Å²) in [6, 6.07) is -0.173. The van der Waals surface area contributed by atoms with Crippen LogP contribution in [0.4, 0.5) is 13.2 Å². The van der Waals surface area contributed by atoms with Gasteiger partial charge in [0.2, 0.25) is 0 Å². The minimum atomic E-state index is -4.16. The van der Waals surface area contributed by atoms with E-state index in [0.29, 0.717) is 13.0 Å². The van der Waals surface area contributed by atoms with E-state index in [-0.39, 0.29) is 17.7 Å². The number of hydrogen-bond donors (Lipinski definition) is 0. The molecule has 2 nitrogen and oxygen atoms in total. The summed E-state index contributed by atoms with van der Waals surface area (Å²) >= 11 is 0. The molecule has 0 aromatic heterocycles. The highest BCUT2D eigenvalue weighted by molar-refractivity contribution is 5.82. The monoisotopic (exact) mass is 263 g/mol. The van der Waals surface area contributed by atoms with Crippen molar-refractivity contribution < 1.29 is 18.0 Å². The molecule has 2 atom stereocenters. The van der Waals surface area contributed by atoms with Crippen molar-refractivity contribution in [2.45, 2.75) is 57.2 Å². The summed E-state index contributed by atoms with van der Waals surface area (Å²) in [6.45, 7) is -0.380. The fourth-order valence-corrected chi connectivity index (χ4v) is 3.32. The van der Waals surface area contributed by atoms with Gasteiger partial charge in [-0.05, 0) is 32.2 Å². The molecule has 2 fully saturated rings. The third-order valence-corrected chi connectivity index (χ3v) is 4.11. The number of ketones is 1. The molecule has 0 amide bonds. The molecule has 0 aromatic rings. The van der Waals surface area contributed by atoms with Crippen LogP contribution in [-0.2, 0) is 4.79 Å². The first kappa shape index (κ1) is 13.8. The number of likely N-dealkylation sites (tertiary alicyclic amines) is 1. The van der Waals surface area contributed by atoms with Gasteiger partial charge in [-0.1, -0.05) is 12.8 Å². The Balaban J connectivity index is 2.04. The maximum Gasteiger partial charge on any atom is 0.401 e.